The lowest BCUT2D eigenvalue weighted by atomic mass is 9.84. The summed E-state index contributed by atoms with van der Waals surface area (Å²) < 4.78 is 15.3. The number of fused-ring (bicyclic) bond motifs is 11. The molecular formula is C28H27N3O4. The van der Waals surface area contributed by atoms with Crippen molar-refractivity contribution in [1.82, 2.24) is 9.88 Å². The molecule has 1 aromatic heterocycles. The van der Waals surface area contributed by atoms with E-state index in [1.54, 1.807) is 13.2 Å². The number of aliphatic hydroxyl groups is 1. The first-order valence-electron chi connectivity index (χ1n) is 12.0. The van der Waals surface area contributed by atoms with E-state index in [0.717, 1.165) is 43.9 Å². The molecule has 2 aromatic carbocycles. The Morgan fingerprint density at radius 2 is 2.00 bits per heavy atom. The highest BCUT2D eigenvalue weighted by atomic mass is 16.6. The molecule has 3 aromatic rings. The van der Waals surface area contributed by atoms with Gasteiger partial charge in [0.2, 0.25) is 5.91 Å². The zero-order valence-corrected chi connectivity index (χ0v) is 19.7. The minimum atomic E-state index is -0.942. The smallest absolute Gasteiger partial charge is 0.244 e. The first-order valence-corrected chi connectivity index (χ1v) is 12.0. The second-order valence-electron chi connectivity index (χ2n) is 9.85. The van der Waals surface area contributed by atoms with Crippen LogP contribution in [-0.2, 0) is 14.3 Å². The van der Waals surface area contributed by atoms with E-state index in [0.29, 0.717) is 19.5 Å². The van der Waals surface area contributed by atoms with Crippen molar-refractivity contribution in [2.24, 2.45) is 0 Å². The van der Waals surface area contributed by atoms with Gasteiger partial charge in [0.05, 0.1) is 17.5 Å². The van der Waals surface area contributed by atoms with E-state index in [1.165, 1.54) is 0 Å². The molecule has 7 rings (SSSR count). The monoisotopic (exact) mass is 469 g/mol. The number of aromatic nitrogens is 1. The first-order chi connectivity index (χ1) is 17.0. The van der Waals surface area contributed by atoms with E-state index in [1.807, 2.05) is 31.2 Å². The highest BCUT2D eigenvalue weighted by Crippen LogP contribution is 2.53. The molecule has 178 valence electrons. The minimum Gasteiger partial charge on any atom is -0.393 e. The number of nitrogens with zero attached hydrogens (tertiary/aromatic N) is 2. The number of methoxy groups -OCH3 is 1. The van der Waals surface area contributed by atoms with Gasteiger partial charge in [-0.15, -0.1) is 0 Å². The molecule has 1 saturated heterocycles. The van der Waals surface area contributed by atoms with Gasteiger partial charge in [-0.2, -0.15) is 0 Å². The summed E-state index contributed by atoms with van der Waals surface area (Å²) >= 11 is 0. The highest BCUT2D eigenvalue weighted by molar-refractivity contribution is 6.10. The lowest BCUT2D eigenvalue weighted by Crippen LogP contribution is -2.65. The molecule has 4 bridgehead atoms. The summed E-state index contributed by atoms with van der Waals surface area (Å²) in [5, 5.41) is 16.7. The molecule has 0 saturated carbocycles. The SMILES string of the molecule is COC1(CO)CC2OC1(C)N1CC3=c4/c(c5ccccc5n42)=C/C(=O)NC\C=C\3c2ccccc21. The Kier molecular flexibility index (Phi) is 4.23. The number of carbonyl (C=O) groups excluding carboxylic acids is 1. The molecule has 4 aliphatic rings. The van der Waals surface area contributed by atoms with Crippen LogP contribution in [0, 0.1) is 0 Å². The predicted octanol–water partition coefficient (Wildman–Crippen LogP) is 1.63. The Hall–Kier alpha value is -3.39. The fourth-order valence-electron chi connectivity index (χ4n) is 6.61. The van der Waals surface area contributed by atoms with Gasteiger partial charge in [-0.05, 0) is 24.6 Å². The van der Waals surface area contributed by atoms with Crippen LogP contribution in [-0.4, -0.2) is 53.7 Å². The van der Waals surface area contributed by atoms with Gasteiger partial charge in [0.1, 0.15) is 11.8 Å². The number of anilines is 1. The van der Waals surface area contributed by atoms with E-state index in [2.05, 4.69) is 45.1 Å². The Balaban J connectivity index is 1.73. The predicted molar refractivity (Wildman–Crippen MR) is 134 cm³/mol. The van der Waals surface area contributed by atoms with Crippen molar-refractivity contribution >= 4 is 39.7 Å². The summed E-state index contributed by atoms with van der Waals surface area (Å²) in [5.74, 6) is -0.119. The number of carbonyl (C=O) groups is 1. The molecule has 1 fully saturated rings. The Bertz CT molecular complexity index is 1560. The molecule has 0 aliphatic carbocycles. The second kappa shape index (κ2) is 7.07. The first kappa shape index (κ1) is 20.9. The number of para-hydroxylation sites is 2. The van der Waals surface area contributed by atoms with Crippen molar-refractivity contribution in [3.8, 4) is 0 Å². The lowest BCUT2D eigenvalue weighted by molar-refractivity contribution is -0.161. The van der Waals surface area contributed by atoms with Gasteiger partial charge < -0.3 is 29.4 Å². The summed E-state index contributed by atoms with van der Waals surface area (Å²) in [6.07, 6.45) is 3.92. The van der Waals surface area contributed by atoms with Gasteiger partial charge in [-0.1, -0.05) is 42.5 Å². The van der Waals surface area contributed by atoms with Crippen LogP contribution < -0.4 is 20.8 Å². The summed E-state index contributed by atoms with van der Waals surface area (Å²) in [6, 6.07) is 16.4. The molecule has 4 aliphatic heterocycles. The summed E-state index contributed by atoms with van der Waals surface area (Å²) in [4.78, 5) is 15.2. The number of ether oxygens (including phenoxy) is 2. The van der Waals surface area contributed by atoms with Gasteiger partial charge in [-0.25, -0.2) is 0 Å². The molecule has 0 spiro atoms. The maximum absolute atomic E-state index is 12.9. The number of hydrogen-bond donors (Lipinski definition) is 2. The molecule has 3 unspecified atom stereocenters. The van der Waals surface area contributed by atoms with Gasteiger partial charge in [-0.3, -0.25) is 4.79 Å². The lowest BCUT2D eigenvalue weighted by Gasteiger charge is -2.51. The molecule has 3 atom stereocenters. The van der Waals surface area contributed by atoms with Crippen molar-refractivity contribution in [3.05, 3.63) is 70.7 Å². The van der Waals surface area contributed by atoms with Crippen LogP contribution in [0.3, 0.4) is 0 Å². The third kappa shape index (κ3) is 2.53. The van der Waals surface area contributed by atoms with E-state index in [9.17, 15) is 9.90 Å². The van der Waals surface area contributed by atoms with E-state index in [-0.39, 0.29) is 18.7 Å². The number of amides is 1. The van der Waals surface area contributed by atoms with Crippen LogP contribution >= 0.6 is 0 Å². The van der Waals surface area contributed by atoms with Crippen molar-refractivity contribution < 1.29 is 19.4 Å². The normalized spacial score (nSPS) is 32.7. The largest absolute Gasteiger partial charge is 0.393 e. The van der Waals surface area contributed by atoms with Crippen molar-refractivity contribution in [2.75, 3.05) is 31.7 Å². The van der Waals surface area contributed by atoms with Crippen molar-refractivity contribution in [3.63, 3.8) is 0 Å². The van der Waals surface area contributed by atoms with Gasteiger partial charge >= 0.3 is 0 Å². The number of aliphatic hydroxyl groups excluding tert-OH is 1. The summed E-state index contributed by atoms with van der Waals surface area (Å²) in [6.45, 7) is 2.86. The molecule has 0 radical (unpaired) electrons. The molecule has 1 amide bonds. The zero-order valence-electron chi connectivity index (χ0n) is 19.7. The molecule has 7 heteroatoms. The number of benzene rings is 2. The van der Waals surface area contributed by atoms with Crippen LogP contribution in [0.1, 0.15) is 25.1 Å². The average molecular weight is 470 g/mol. The van der Waals surface area contributed by atoms with Gasteiger partial charge in [0.25, 0.3) is 0 Å². The van der Waals surface area contributed by atoms with Crippen molar-refractivity contribution in [1.29, 1.82) is 0 Å². The number of rotatable bonds is 2. The maximum atomic E-state index is 12.9. The standard InChI is InChI=1S/C28H27N3O4/c1-27-28(16-32,34-2)14-25(35-27)31-23-10-6-4-8-19(23)20-13-24(33)29-12-11-17-18-7-3-5-9-22(18)30(27)15-21(17)26(20)31/h3-11,13,25,32H,12,14-16H2,1-2H3,(H,29,33)/b17-11+,20-13+,26-21+. The van der Waals surface area contributed by atoms with Crippen LogP contribution in [0.4, 0.5) is 5.69 Å². The minimum absolute atomic E-state index is 0.119. The van der Waals surface area contributed by atoms with Gasteiger partial charge in [0.15, 0.2) is 5.72 Å². The van der Waals surface area contributed by atoms with Gasteiger partial charge in [0, 0.05) is 60.1 Å². The number of hydrogen-bond acceptors (Lipinski definition) is 5. The van der Waals surface area contributed by atoms with E-state index >= 15 is 0 Å². The Morgan fingerprint density at radius 1 is 1.20 bits per heavy atom. The van der Waals surface area contributed by atoms with E-state index in [4.69, 9.17) is 9.47 Å². The zero-order chi connectivity index (χ0) is 23.9. The van der Waals surface area contributed by atoms with E-state index < -0.39 is 11.3 Å². The third-order valence-corrected chi connectivity index (χ3v) is 8.38. The third-order valence-electron chi connectivity index (χ3n) is 8.38. The summed E-state index contributed by atoms with van der Waals surface area (Å²) in [5.41, 5.74) is 3.50. The molecular weight excluding hydrogens is 442 g/mol. The molecule has 7 nitrogen and oxygen atoms in total. The van der Waals surface area contributed by atoms with Crippen molar-refractivity contribution in [2.45, 2.75) is 30.9 Å². The quantitative estimate of drug-likeness (QED) is 0.597. The van der Waals surface area contributed by atoms with Crippen LogP contribution in [0.15, 0.2) is 54.6 Å². The molecule has 35 heavy (non-hydrogen) atoms. The fourth-order valence-corrected chi connectivity index (χ4v) is 6.61. The van der Waals surface area contributed by atoms with Crippen LogP contribution in [0.25, 0.3) is 28.1 Å². The topological polar surface area (TPSA) is 76.0 Å². The fraction of sp³-hybridized carbons (Fsp3) is 0.321. The Morgan fingerprint density at radius 3 is 2.83 bits per heavy atom. The average Bonchev–Trinajstić information content (AvgIpc) is 3.37. The second-order valence-corrected chi connectivity index (χ2v) is 9.85. The van der Waals surface area contributed by atoms with Crippen LogP contribution in [0.5, 0.6) is 0 Å². The summed E-state index contributed by atoms with van der Waals surface area (Å²) in [7, 11) is 1.65. The number of nitrogens with one attached hydrogen (secondary N) is 1. The maximum Gasteiger partial charge on any atom is 0.244 e. The molecule has 2 N–H and O–H groups in total. The highest BCUT2D eigenvalue weighted by Gasteiger charge is 2.63. The van der Waals surface area contributed by atoms with Crippen LogP contribution in [0.2, 0.25) is 0 Å². The molecule has 5 heterocycles. The Labute approximate surface area is 202 Å².